The van der Waals surface area contributed by atoms with E-state index >= 15 is 0 Å². The van der Waals surface area contributed by atoms with Crippen molar-refractivity contribution >= 4 is 22.6 Å². The first-order valence-corrected chi connectivity index (χ1v) is 7.49. The number of carbonyl (C=O) groups excluding carboxylic acids is 1. The molecule has 4 aromatic rings. The Morgan fingerprint density at radius 3 is 2.80 bits per heavy atom. The molecular weight excluding hydrogens is 323 g/mol. The first-order valence-electron chi connectivity index (χ1n) is 7.49. The minimum atomic E-state index is -0.387. The summed E-state index contributed by atoms with van der Waals surface area (Å²) in [5.41, 5.74) is 2.61. The molecule has 0 atom stereocenters. The molecule has 0 saturated heterocycles. The lowest BCUT2D eigenvalue weighted by Crippen LogP contribution is -2.12. The van der Waals surface area contributed by atoms with Crippen molar-refractivity contribution in [1.82, 2.24) is 24.7 Å². The highest BCUT2D eigenvalue weighted by Gasteiger charge is 2.11. The summed E-state index contributed by atoms with van der Waals surface area (Å²) in [6.45, 7) is 0. The Morgan fingerprint density at radius 1 is 1.20 bits per heavy atom. The predicted molar refractivity (Wildman–Crippen MR) is 90.4 cm³/mol. The van der Waals surface area contributed by atoms with E-state index in [4.69, 9.17) is 0 Å². The molecule has 2 N–H and O–H groups in total. The lowest BCUT2D eigenvalue weighted by Gasteiger charge is -2.02. The summed E-state index contributed by atoms with van der Waals surface area (Å²) in [4.78, 5) is 23.6. The highest BCUT2D eigenvalue weighted by molar-refractivity contribution is 6.04. The number of hydrogen-bond acceptors (Lipinski definition) is 4. The summed E-state index contributed by atoms with van der Waals surface area (Å²) in [5, 5.41) is 7.56. The largest absolute Gasteiger partial charge is 0.353 e. The van der Waals surface area contributed by atoms with Gasteiger partial charge in [-0.3, -0.25) is 14.5 Å². The number of fused-ring (bicyclic) bond motifs is 1. The molecule has 0 fully saturated rings. The first-order chi connectivity index (χ1) is 12.1. The average molecular weight is 336 g/mol. The van der Waals surface area contributed by atoms with E-state index in [2.05, 4.69) is 25.4 Å². The van der Waals surface area contributed by atoms with Gasteiger partial charge in [-0.15, -0.1) is 0 Å². The number of hydrogen-bond donors (Lipinski definition) is 2. The van der Waals surface area contributed by atoms with Crippen molar-refractivity contribution in [3.8, 4) is 11.4 Å². The van der Waals surface area contributed by atoms with Gasteiger partial charge in [-0.1, -0.05) is 0 Å². The fourth-order valence-corrected chi connectivity index (χ4v) is 2.49. The molecule has 7 nitrogen and oxygen atoms in total. The number of nitrogens with one attached hydrogen (secondary N) is 2. The number of rotatable bonds is 3. The van der Waals surface area contributed by atoms with Gasteiger partial charge in [-0.2, -0.15) is 5.10 Å². The van der Waals surface area contributed by atoms with Crippen molar-refractivity contribution < 1.29 is 9.18 Å². The van der Waals surface area contributed by atoms with Crippen LogP contribution >= 0.6 is 0 Å². The average Bonchev–Trinajstić information content (AvgIpc) is 3.21. The smallest absolute Gasteiger partial charge is 0.260 e. The monoisotopic (exact) mass is 336 g/mol. The van der Waals surface area contributed by atoms with Crippen molar-refractivity contribution in [3.05, 3.63) is 60.4 Å². The molecular formula is C17H13FN6O. The topological polar surface area (TPSA) is 88.5 Å². The lowest BCUT2D eigenvalue weighted by atomic mass is 10.2. The van der Waals surface area contributed by atoms with Crippen molar-refractivity contribution in [2.45, 2.75) is 0 Å². The van der Waals surface area contributed by atoms with Crippen molar-refractivity contribution in [3.63, 3.8) is 0 Å². The fourth-order valence-electron chi connectivity index (χ4n) is 2.49. The Bertz CT molecular complexity index is 1070. The van der Waals surface area contributed by atoms with Gasteiger partial charge in [-0.05, 0) is 18.2 Å². The summed E-state index contributed by atoms with van der Waals surface area (Å²) in [7, 11) is 1.74. The number of aromatic nitrogens is 5. The number of aromatic amines is 1. The summed E-state index contributed by atoms with van der Waals surface area (Å²) in [6.07, 6.45) is 5.93. The van der Waals surface area contributed by atoms with Crippen molar-refractivity contribution in [1.29, 1.82) is 0 Å². The third kappa shape index (κ3) is 2.97. The second-order valence-electron chi connectivity index (χ2n) is 5.56. The normalized spacial score (nSPS) is 11.0. The van der Waals surface area contributed by atoms with E-state index in [9.17, 15) is 9.18 Å². The molecule has 4 aromatic heterocycles. The zero-order valence-electron chi connectivity index (χ0n) is 13.2. The molecule has 0 aliphatic carbocycles. The molecule has 0 bridgehead atoms. The Morgan fingerprint density at radius 2 is 2.08 bits per heavy atom. The van der Waals surface area contributed by atoms with E-state index in [1.807, 2.05) is 6.07 Å². The van der Waals surface area contributed by atoms with Gasteiger partial charge in [0.2, 0.25) is 0 Å². The molecule has 1 amide bonds. The maximum atomic E-state index is 13.0. The molecule has 0 unspecified atom stereocenters. The molecule has 4 heterocycles. The zero-order chi connectivity index (χ0) is 17.4. The SMILES string of the molecule is Cn1cc(C(=O)Nc2cc3[nH]c(-c4ccc(F)cn4)cc3cn2)cn1. The minimum Gasteiger partial charge on any atom is -0.353 e. The third-order valence-electron chi connectivity index (χ3n) is 3.72. The Balaban J connectivity index is 1.61. The molecule has 124 valence electrons. The van der Waals surface area contributed by atoms with Gasteiger partial charge in [0.25, 0.3) is 5.91 Å². The highest BCUT2D eigenvalue weighted by Crippen LogP contribution is 2.24. The van der Waals surface area contributed by atoms with E-state index in [0.717, 1.165) is 16.6 Å². The van der Waals surface area contributed by atoms with Crippen LogP contribution in [0.2, 0.25) is 0 Å². The quantitative estimate of drug-likeness (QED) is 0.602. The standard InChI is InChI=1S/C17H13FN6O/c1-24-9-11(7-21-24)17(25)23-16-5-14-10(6-20-16)4-15(22-14)13-3-2-12(18)8-19-13/h2-9,22H,1H3,(H,20,23,25). The van der Waals surface area contributed by atoms with E-state index in [0.29, 0.717) is 17.1 Å². The summed E-state index contributed by atoms with van der Waals surface area (Å²) >= 11 is 0. The maximum Gasteiger partial charge on any atom is 0.260 e. The van der Waals surface area contributed by atoms with Crippen molar-refractivity contribution in [2.75, 3.05) is 5.32 Å². The second kappa shape index (κ2) is 5.82. The van der Waals surface area contributed by atoms with E-state index in [-0.39, 0.29) is 11.7 Å². The number of anilines is 1. The van der Waals surface area contributed by atoms with E-state index in [1.54, 1.807) is 36.3 Å². The van der Waals surface area contributed by atoms with Crippen LogP contribution in [-0.4, -0.2) is 30.6 Å². The molecule has 4 rings (SSSR count). The zero-order valence-corrected chi connectivity index (χ0v) is 13.2. The summed E-state index contributed by atoms with van der Waals surface area (Å²) in [6, 6.07) is 6.55. The molecule has 0 aliphatic rings. The minimum absolute atomic E-state index is 0.285. The summed E-state index contributed by atoms with van der Waals surface area (Å²) < 4.78 is 14.5. The molecule has 0 spiro atoms. The van der Waals surface area contributed by atoms with Crippen LogP contribution in [0, 0.1) is 5.82 Å². The van der Waals surface area contributed by atoms with Crippen LogP contribution in [0.15, 0.2) is 49.1 Å². The van der Waals surface area contributed by atoms with Crippen LogP contribution in [0.4, 0.5) is 10.2 Å². The number of amides is 1. The second-order valence-corrected chi connectivity index (χ2v) is 5.56. The maximum absolute atomic E-state index is 13.0. The van der Waals surface area contributed by atoms with Crippen LogP contribution in [0.5, 0.6) is 0 Å². The van der Waals surface area contributed by atoms with Gasteiger partial charge in [0.1, 0.15) is 11.6 Å². The lowest BCUT2D eigenvalue weighted by molar-refractivity contribution is 0.102. The number of halogens is 1. The van der Waals surface area contributed by atoms with Crippen LogP contribution in [-0.2, 0) is 7.05 Å². The van der Waals surface area contributed by atoms with Crippen molar-refractivity contribution in [2.24, 2.45) is 7.05 Å². The highest BCUT2D eigenvalue weighted by atomic mass is 19.1. The predicted octanol–water partition coefficient (Wildman–Crippen LogP) is 2.75. The van der Waals surface area contributed by atoms with Gasteiger partial charge < -0.3 is 10.3 Å². The molecule has 8 heteroatoms. The first kappa shape index (κ1) is 15.0. The van der Waals surface area contributed by atoms with Gasteiger partial charge in [0.05, 0.1) is 34.9 Å². The number of nitrogens with zero attached hydrogens (tertiary/aromatic N) is 4. The van der Waals surface area contributed by atoms with E-state index < -0.39 is 0 Å². The van der Waals surface area contributed by atoms with Gasteiger partial charge >= 0.3 is 0 Å². The third-order valence-corrected chi connectivity index (χ3v) is 3.72. The molecule has 0 saturated carbocycles. The van der Waals surface area contributed by atoms with Crippen LogP contribution in [0.25, 0.3) is 22.3 Å². The van der Waals surface area contributed by atoms with Crippen LogP contribution < -0.4 is 5.32 Å². The number of aryl methyl sites for hydroxylation is 1. The van der Waals surface area contributed by atoms with E-state index in [1.165, 1.54) is 18.5 Å². The molecule has 0 radical (unpaired) electrons. The molecule has 0 aliphatic heterocycles. The Labute approximate surface area is 141 Å². The van der Waals surface area contributed by atoms with Crippen LogP contribution in [0.1, 0.15) is 10.4 Å². The number of pyridine rings is 2. The van der Waals surface area contributed by atoms with Gasteiger partial charge in [0.15, 0.2) is 0 Å². The van der Waals surface area contributed by atoms with Gasteiger partial charge in [-0.25, -0.2) is 9.37 Å². The van der Waals surface area contributed by atoms with Crippen LogP contribution in [0.3, 0.4) is 0 Å². The Kier molecular flexibility index (Phi) is 3.50. The molecule has 25 heavy (non-hydrogen) atoms. The number of H-pyrrole nitrogens is 1. The summed E-state index contributed by atoms with van der Waals surface area (Å²) in [5.74, 6) is -0.254. The fraction of sp³-hybridized carbons (Fsp3) is 0.0588. The Hall–Kier alpha value is -3.55. The van der Waals surface area contributed by atoms with Gasteiger partial charge in [0, 0.05) is 30.9 Å². The molecule has 0 aromatic carbocycles. The number of carbonyl (C=O) groups is 1.